The molecule has 0 aliphatic rings. The van der Waals surface area contributed by atoms with Gasteiger partial charge in [0.25, 0.3) is 0 Å². The van der Waals surface area contributed by atoms with Crippen LogP contribution in [0.1, 0.15) is 0 Å². The summed E-state index contributed by atoms with van der Waals surface area (Å²) in [6.07, 6.45) is 3.67. The van der Waals surface area contributed by atoms with E-state index in [1.54, 1.807) is 39.8 Å². The fourth-order valence-corrected chi connectivity index (χ4v) is 4.96. The van der Waals surface area contributed by atoms with Crippen LogP contribution in [0, 0.1) is 0 Å². The zero-order valence-electron chi connectivity index (χ0n) is 19.9. The lowest BCUT2D eigenvalue weighted by Gasteiger charge is -2.11. The molecule has 0 unspecified atom stereocenters. The van der Waals surface area contributed by atoms with Crippen LogP contribution < -0.4 is 25.1 Å². The van der Waals surface area contributed by atoms with Crippen LogP contribution in [0.25, 0.3) is 37.7 Å². The Morgan fingerprint density at radius 2 is 1.46 bits per heavy atom. The van der Waals surface area contributed by atoms with Crippen LogP contribution in [0.5, 0.6) is 23.0 Å². The third-order valence-electron chi connectivity index (χ3n) is 5.60. The van der Waals surface area contributed by atoms with E-state index in [1.807, 2.05) is 42.9 Å². The van der Waals surface area contributed by atoms with Crippen molar-refractivity contribution >= 4 is 21.6 Å². The number of thiazole rings is 1. The predicted molar refractivity (Wildman–Crippen MR) is 139 cm³/mol. The van der Waals surface area contributed by atoms with Crippen LogP contribution in [0.2, 0.25) is 0 Å². The number of nitrogens with zero attached hydrogens (tertiary/aromatic N) is 3. The maximum atomic E-state index is 5.63. The van der Waals surface area contributed by atoms with Crippen LogP contribution in [0.15, 0.2) is 67.1 Å². The number of fused-ring (bicyclic) bond motifs is 1. The molecule has 0 atom stereocenters. The van der Waals surface area contributed by atoms with Crippen molar-refractivity contribution in [3.63, 3.8) is 0 Å². The first-order chi connectivity index (χ1) is 16.7. The topological polar surface area (TPSA) is 103 Å². The predicted octanol–water partition coefficient (Wildman–Crippen LogP) is 6.01. The second-order valence-corrected chi connectivity index (χ2v) is 8.44. The van der Waals surface area contributed by atoms with Crippen LogP contribution in [0.4, 0.5) is 0 Å². The molecule has 8 nitrogen and oxygen atoms in total. The molecule has 2 heterocycles. The van der Waals surface area contributed by atoms with Gasteiger partial charge in [0, 0.05) is 22.9 Å². The van der Waals surface area contributed by atoms with Gasteiger partial charge in [-0.2, -0.15) is 0 Å². The van der Waals surface area contributed by atoms with E-state index < -0.39 is 0 Å². The molecule has 0 bridgehead atoms. The quantitative estimate of drug-likeness (QED) is 0.298. The molecule has 3 aromatic carbocycles. The van der Waals surface area contributed by atoms with Gasteiger partial charge >= 0.3 is 0 Å². The average molecular weight is 491 g/mol. The first-order valence-electron chi connectivity index (χ1n) is 10.5. The van der Waals surface area contributed by atoms with E-state index in [9.17, 15) is 0 Å². The van der Waals surface area contributed by atoms with Crippen molar-refractivity contribution in [2.24, 2.45) is 0 Å². The number of imidazole rings is 1. The van der Waals surface area contributed by atoms with Crippen LogP contribution in [0.3, 0.4) is 0 Å². The van der Waals surface area contributed by atoms with E-state index in [0.29, 0.717) is 17.2 Å². The number of hydrogen-bond donors (Lipinski definition) is 1. The maximum Gasteiger partial charge on any atom is 0.204 e. The Kier molecular flexibility index (Phi) is 6.90. The Hall–Kier alpha value is -4.08. The van der Waals surface area contributed by atoms with Crippen LogP contribution in [-0.2, 0) is 0 Å². The van der Waals surface area contributed by atoms with Gasteiger partial charge in [-0.25, -0.2) is 9.97 Å². The molecule has 5 rings (SSSR count). The Labute approximate surface area is 207 Å². The maximum absolute atomic E-state index is 5.63. The summed E-state index contributed by atoms with van der Waals surface area (Å²) in [6, 6.07) is 18.1. The smallest absolute Gasteiger partial charge is 0.204 e. The normalized spacial score (nSPS) is 10.6. The highest BCUT2D eigenvalue weighted by molar-refractivity contribution is 7.22. The van der Waals surface area contributed by atoms with Crippen molar-refractivity contribution in [3.05, 3.63) is 67.1 Å². The van der Waals surface area contributed by atoms with Gasteiger partial charge in [-0.3, -0.25) is 4.57 Å². The Bertz CT molecular complexity index is 1440. The summed E-state index contributed by atoms with van der Waals surface area (Å²) in [6.45, 7) is 0. The van der Waals surface area contributed by atoms with E-state index in [4.69, 9.17) is 23.9 Å². The molecule has 0 aliphatic carbocycles. The van der Waals surface area contributed by atoms with E-state index in [1.165, 1.54) is 0 Å². The van der Waals surface area contributed by atoms with E-state index in [0.717, 1.165) is 43.5 Å². The van der Waals surface area contributed by atoms with Gasteiger partial charge in [0.05, 0.1) is 52.2 Å². The van der Waals surface area contributed by atoms with Gasteiger partial charge in [0.1, 0.15) is 15.5 Å². The minimum absolute atomic E-state index is 0. The molecule has 5 aromatic rings. The molecule has 0 aliphatic heterocycles. The van der Waals surface area contributed by atoms with Gasteiger partial charge in [0.2, 0.25) is 5.75 Å². The SMILES string of the molecule is COc1ccc(-c2cncn2-c2ccc(-c3nc4cc(OC)c(OC)c(OC)c4s3)cc2)cc1.N. The minimum Gasteiger partial charge on any atom is -0.497 e. The van der Waals surface area contributed by atoms with E-state index >= 15 is 0 Å². The molecule has 180 valence electrons. The van der Waals surface area contributed by atoms with Crippen molar-refractivity contribution in [1.29, 1.82) is 0 Å². The fourth-order valence-electron chi connectivity index (χ4n) is 3.89. The van der Waals surface area contributed by atoms with E-state index in [2.05, 4.69) is 33.8 Å². The molecule has 35 heavy (non-hydrogen) atoms. The number of benzene rings is 3. The standard InChI is InChI=1S/C26H23N3O4S.H3N/c1-30-19-11-7-16(8-12-19)21-14-27-15-29(21)18-9-5-17(6-10-18)26-28-20-13-22(31-2)23(32-3)24(33-4)25(20)34-26;/h5-15H,1-4H3;1H3. The lowest BCUT2D eigenvalue weighted by atomic mass is 10.1. The summed E-state index contributed by atoms with van der Waals surface area (Å²) in [4.78, 5) is 9.18. The molecule has 0 fully saturated rings. The van der Waals surface area contributed by atoms with Gasteiger partial charge in [0.15, 0.2) is 11.5 Å². The van der Waals surface area contributed by atoms with Gasteiger partial charge in [-0.1, -0.05) is 0 Å². The highest BCUT2D eigenvalue weighted by atomic mass is 32.1. The molecule has 9 heteroatoms. The lowest BCUT2D eigenvalue weighted by molar-refractivity contribution is 0.327. The molecule has 0 radical (unpaired) electrons. The molecule has 0 saturated carbocycles. The average Bonchev–Trinajstić information content (AvgIpc) is 3.55. The second-order valence-electron chi connectivity index (χ2n) is 7.44. The zero-order chi connectivity index (χ0) is 23.7. The number of ether oxygens (including phenoxy) is 4. The summed E-state index contributed by atoms with van der Waals surface area (Å²) in [5.41, 5.74) is 4.88. The number of aromatic nitrogens is 3. The van der Waals surface area contributed by atoms with Gasteiger partial charge in [-0.05, 0) is 48.5 Å². The first-order valence-corrected chi connectivity index (χ1v) is 11.4. The first kappa shape index (κ1) is 24.1. The third-order valence-corrected chi connectivity index (χ3v) is 6.72. The summed E-state index contributed by atoms with van der Waals surface area (Å²) in [7, 11) is 6.49. The minimum atomic E-state index is 0. The number of rotatable bonds is 7. The number of methoxy groups -OCH3 is 4. The molecule has 0 amide bonds. The summed E-state index contributed by atoms with van der Waals surface area (Å²) < 4.78 is 24.8. The highest BCUT2D eigenvalue weighted by Crippen LogP contribution is 2.46. The molecular formula is C26H26N4O4S. The fraction of sp³-hybridized carbons (Fsp3) is 0.154. The molecule has 2 aromatic heterocycles. The second kappa shape index (κ2) is 10.0. The van der Waals surface area contributed by atoms with Crippen LogP contribution >= 0.6 is 11.3 Å². The monoisotopic (exact) mass is 490 g/mol. The Morgan fingerprint density at radius 3 is 2.09 bits per heavy atom. The zero-order valence-corrected chi connectivity index (χ0v) is 20.8. The molecule has 0 spiro atoms. The van der Waals surface area contributed by atoms with Gasteiger partial charge in [-0.15, -0.1) is 11.3 Å². The lowest BCUT2D eigenvalue weighted by Crippen LogP contribution is -1.95. The third kappa shape index (κ3) is 4.27. The summed E-state index contributed by atoms with van der Waals surface area (Å²) in [5, 5.41) is 0.885. The van der Waals surface area contributed by atoms with Crippen molar-refractivity contribution in [2.45, 2.75) is 0 Å². The summed E-state index contributed by atoms with van der Waals surface area (Å²) >= 11 is 1.55. The van der Waals surface area contributed by atoms with Crippen molar-refractivity contribution in [1.82, 2.24) is 20.7 Å². The molecule has 3 N–H and O–H groups in total. The van der Waals surface area contributed by atoms with Crippen LogP contribution in [-0.4, -0.2) is 43.0 Å². The Balaban J connectivity index is 0.00000289. The van der Waals surface area contributed by atoms with Crippen molar-refractivity contribution in [3.8, 4) is 50.5 Å². The van der Waals surface area contributed by atoms with E-state index in [-0.39, 0.29) is 6.15 Å². The van der Waals surface area contributed by atoms with Crippen molar-refractivity contribution < 1.29 is 18.9 Å². The largest absolute Gasteiger partial charge is 0.497 e. The van der Waals surface area contributed by atoms with Gasteiger partial charge < -0.3 is 25.1 Å². The van der Waals surface area contributed by atoms with Crippen molar-refractivity contribution in [2.75, 3.05) is 28.4 Å². The molecule has 0 saturated heterocycles. The Morgan fingerprint density at radius 1 is 0.771 bits per heavy atom. The highest BCUT2D eigenvalue weighted by Gasteiger charge is 2.20. The number of hydrogen-bond acceptors (Lipinski definition) is 8. The molecular weight excluding hydrogens is 464 g/mol. The summed E-state index contributed by atoms with van der Waals surface area (Å²) in [5.74, 6) is 2.60.